The Morgan fingerprint density at radius 1 is 0.650 bits per heavy atom. The van der Waals surface area contributed by atoms with E-state index in [1.54, 1.807) is 0 Å². The van der Waals surface area contributed by atoms with Crippen LogP contribution in [0.4, 0.5) is 0 Å². The van der Waals surface area contributed by atoms with Crippen molar-refractivity contribution < 1.29 is 21.2 Å². The topological polar surface area (TPSA) is 38.7 Å². The maximum absolute atomic E-state index is 4.62. The Morgan fingerprint density at radius 2 is 1.10 bits per heavy atom. The van der Waals surface area contributed by atoms with Gasteiger partial charge in [-0.25, -0.2) is 0 Å². The van der Waals surface area contributed by atoms with Gasteiger partial charge in [-0.3, -0.25) is 0 Å². The third-order valence-corrected chi connectivity index (χ3v) is 4.29. The van der Waals surface area contributed by atoms with Gasteiger partial charge in [-0.2, -0.15) is 0 Å². The van der Waals surface area contributed by atoms with E-state index in [1.165, 1.54) is 0 Å². The first-order chi connectivity index (χ1) is 9.86. The van der Waals surface area contributed by atoms with Crippen LogP contribution < -0.4 is 21.2 Å². The predicted octanol–water partition coefficient (Wildman–Crippen LogP) is 0.0940. The van der Waals surface area contributed by atoms with Gasteiger partial charge in [0.05, 0.1) is 0 Å². The molecule has 0 spiro atoms. The van der Waals surface area contributed by atoms with E-state index in [2.05, 4.69) is 19.9 Å². The summed E-state index contributed by atoms with van der Waals surface area (Å²) in [5, 5.41) is 0. The first-order valence-corrected chi connectivity index (χ1v) is 9.47. The van der Waals surface area contributed by atoms with Crippen LogP contribution in [-0.4, -0.2) is 19.9 Å². The molecule has 0 saturated carbocycles. The van der Waals surface area contributed by atoms with Crippen molar-refractivity contribution in [3.8, 4) is 22.8 Å². The molecule has 4 heteroatoms. The molecule has 1 heterocycles. The molecule has 1 aromatic heterocycles. The van der Waals surface area contributed by atoms with Crippen molar-refractivity contribution in [3.63, 3.8) is 0 Å². The monoisotopic (exact) mass is 374 g/mol. The fraction of sp³-hybridized carbons (Fsp3) is 0.0625. The molecule has 0 aliphatic rings. The molecule has 100 valence electrons. The fourth-order valence-corrected chi connectivity index (χ4v) is 2.81. The molecule has 0 saturated heterocycles. The zero-order valence-electron chi connectivity index (χ0n) is 11.0. The Kier molecular flexibility index (Phi) is 4.01. The first-order valence-electron chi connectivity index (χ1n) is 6.23. The Morgan fingerprint density at radius 3 is 1.50 bits per heavy atom. The SMILES string of the molecule is C[I-]c1nc(-c2ccccc2)nc(-c2ccccc2)n1. The number of benzene rings is 2. The first kappa shape index (κ1) is 13.2. The van der Waals surface area contributed by atoms with Crippen molar-refractivity contribution in [1.29, 1.82) is 0 Å². The second-order valence-electron chi connectivity index (χ2n) is 4.17. The van der Waals surface area contributed by atoms with E-state index < -0.39 is 0 Å². The molecule has 0 N–H and O–H groups in total. The molecule has 3 nitrogen and oxygen atoms in total. The van der Waals surface area contributed by atoms with E-state index >= 15 is 0 Å². The van der Waals surface area contributed by atoms with Crippen LogP contribution >= 0.6 is 0 Å². The van der Waals surface area contributed by atoms with Gasteiger partial charge in [-0.15, -0.1) is 0 Å². The summed E-state index contributed by atoms with van der Waals surface area (Å²) in [6.07, 6.45) is 0. The van der Waals surface area contributed by atoms with E-state index in [0.717, 1.165) is 26.6 Å². The van der Waals surface area contributed by atoms with Crippen molar-refractivity contribution in [2.45, 2.75) is 0 Å². The molecule has 0 amide bonds. The predicted molar refractivity (Wildman–Crippen MR) is 75.3 cm³/mol. The molecule has 0 unspecified atom stereocenters. The van der Waals surface area contributed by atoms with Crippen LogP contribution in [-0.2, 0) is 0 Å². The quantitative estimate of drug-likeness (QED) is 0.482. The fourth-order valence-electron chi connectivity index (χ4n) is 1.87. The minimum atomic E-state index is -0.170. The van der Waals surface area contributed by atoms with Gasteiger partial charge in [0.2, 0.25) is 0 Å². The Bertz CT molecular complexity index is 642. The number of alkyl halides is 1. The molecule has 20 heavy (non-hydrogen) atoms. The van der Waals surface area contributed by atoms with Gasteiger partial charge in [0.25, 0.3) is 0 Å². The van der Waals surface area contributed by atoms with Crippen LogP contribution in [0.2, 0.25) is 0 Å². The van der Waals surface area contributed by atoms with Gasteiger partial charge in [-0.05, 0) is 0 Å². The van der Waals surface area contributed by atoms with Crippen LogP contribution in [0.15, 0.2) is 60.7 Å². The van der Waals surface area contributed by atoms with Crippen molar-refractivity contribution in [3.05, 3.63) is 64.5 Å². The zero-order valence-corrected chi connectivity index (χ0v) is 13.2. The number of halogens is 1. The average Bonchev–Trinajstić information content (AvgIpc) is 2.56. The summed E-state index contributed by atoms with van der Waals surface area (Å²) < 4.78 is 0.927. The van der Waals surface area contributed by atoms with E-state index in [-0.39, 0.29) is 21.2 Å². The van der Waals surface area contributed by atoms with Gasteiger partial charge in [-0.1, -0.05) is 0 Å². The third-order valence-electron chi connectivity index (χ3n) is 2.84. The van der Waals surface area contributed by atoms with E-state index in [1.807, 2.05) is 60.7 Å². The van der Waals surface area contributed by atoms with E-state index in [9.17, 15) is 0 Å². The van der Waals surface area contributed by atoms with Crippen LogP contribution in [0.25, 0.3) is 22.8 Å². The summed E-state index contributed by atoms with van der Waals surface area (Å²) in [6, 6.07) is 20.1. The molecule has 3 rings (SSSR count). The van der Waals surface area contributed by atoms with Gasteiger partial charge in [0, 0.05) is 0 Å². The minimum absolute atomic E-state index is 0.170. The number of rotatable bonds is 3. The van der Waals surface area contributed by atoms with Gasteiger partial charge in [0.15, 0.2) is 0 Å². The van der Waals surface area contributed by atoms with Crippen LogP contribution in [0.3, 0.4) is 0 Å². The van der Waals surface area contributed by atoms with Gasteiger partial charge < -0.3 is 0 Å². The normalized spacial score (nSPS) is 10.7. The maximum atomic E-state index is 4.62. The number of aromatic nitrogens is 3. The third kappa shape index (κ3) is 2.85. The Hall–Kier alpha value is -1.82. The van der Waals surface area contributed by atoms with Gasteiger partial charge in [0.1, 0.15) is 0 Å². The molecule has 0 radical (unpaired) electrons. The van der Waals surface area contributed by atoms with Gasteiger partial charge >= 0.3 is 128 Å². The summed E-state index contributed by atoms with van der Waals surface area (Å²) >= 11 is -0.170. The zero-order chi connectivity index (χ0) is 13.8. The summed E-state index contributed by atoms with van der Waals surface area (Å²) in [5.41, 5.74) is 2.07. The molecule has 3 aromatic rings. The van der Waals surface area contributed by atoms with Crippen molar-refractivity contribution in [2.75, 3.05) is 4.93 Å². The summed E-state index contributed by atoms with van der Waals surface area (Å²) in [6.45, 7) is 0. The van der Waals surface area contributed by atoms with Crippen molar-refractivity contribution >= 4 is 0 Å². The van der Waals surface area contributed by atoms with Crippen LogP contribution in [0, 0.1) is 3.83 Å². The molecular formula is C16H13IN3-. The Labute approximate surface area is 128 Å². The Balaban J connectivity index is 2.13. The standard InChI is InChI=1S/C16H13IN3/c1-17-16-19-14(12-8-4-2-5-9-12)18-15(20-16)13-10-6-3-7-11-13/h2-11H,1H3/q-1. The second kappa shape index (κ2) is 6.09. The second-order valence-corrected chi connectivity index (χ2v) is 6.22. The van der Waals surface area contributed by atoms with Crippen molar-refractivity contribution in [2.24, 2.45) is 0 Å². The molecule has 0 bridgehead atoms. The molecule has 0 atom stereocenters. The summed E-state index contributed by atoms with van der Waals surface area (Å²) in [7, 11) is 0. The van der Waals surface area contributed by atoms with Crippen molar-refractivity contribution in [1.82, 2.24) is 15.0 Å². The van der Waals surface area contributed by atoms with E-state index in [0.29, 0.717) is 0 Å². The molecule has 0 fully saturated rings. The molecule has 0 aliphatic carbocycles. The average molecular weight is 374 g/mol. The summed E-state index contributed by atoms with van der Waals surface area (Å²) in [4.78, 5) is 15.9. The number of hydrogen-bond donors (Lipinski definition) is 0. The van der Waals surface area contributed by atoms with Crippen LogP contribution in [0.5, 0.6) is 0 Å². The number of nitrogens with zero attached hydrogens (tertiary/aromatic N) is 3. The molecular weight excluding hydrogens is 361 g/mol. The number of hydrogen-bond acceptors (Lipinski definition) is 3. The summed E-state index contributed by atoms with van der Waals surface area (Å²) in [5.74, 6) is 1.52. The van der Waals surface area contributed by atoms with Crippen LogP contribution in [0.1, 0.15) is 0 Å². The molecule has 0 aliphatic heterocycles. The van der Waals surface area contributed by atoms with E-state index in [4.69, 9.17) is 0 Å². The molecule has 2 aromatic carbocycles.